The summed E-state index contributed by atoms with van der Waals surface area (Å²) < 4.78 is 0. The van der Waals surface area contributed by atoms with Crippen LogP contribution < -0.4 is 0 Å². The van der Waals surface area contributed by atoms with Gasteiger partial charge in [-0.25, -0.2) is 0 Å². The summed E-state index contributed by atoms with van der Waals surface area (Å²) in [5, 5.41) is 0. The fourth-order valence-electron chi connectivity index (χ4n) is 1.41. The molecule has 0 aliphatic rings. The summed E-state index contributed by atoms with van der Waals surface area (Å²) in [6, 6.07) is 0. The molecule has 0 unspecified atom stereocenters. The minimum Gasteiger partial charge on any atom is -0.0654 e. The molecule has 0 aliphatic heterocycles. The molecule has 0 aliphatic carbocycles. The SMILES string of the molecule is CCCCCC[C+](C)CCC. The molecule has 66 valence electrons. The molecular weight excluding hydrogens is 132 g/mol. The summed E-state index contributed by atoms with van der Waals surface area (Å²) in [6.45, 7) is 6.83. The maximum absolute atomic E-state index is 2.30. The summed E-state index contributed by atoms with van der Waals surface area (Å²) in [5.74, 6) is 1.70. The van der Waals surface area contributed by atoms with Crippen molar-refractivity contribution in [3.05, 3.63) is 5.92 Å². The zero-order valence-corrected chi connectivity index (χ0v) is 8.45. The van der Waals surface area contributed by atoms with E-state index in [0.29, 0.717) is 0 Å². The molecule has 0 saturated carbocycles. The number of hydrogen-bond acceptors (Lipinski definition) is 0. The second-order valence-electron chi connectivity index (χ2n) is 3.52. The lowest BCUT2D eigenvalue weighted by atomic mass is 9.98. The molecule has 0 aromatic carbocycles. The van der Waals surface area contributed by atoms with E-state index in [-0.39, 0.29) is 0 Å². The van der Waals surface area contributed by atoms with Crippen LogP contribution in [0.1, 0.15) is 65.7 Å². The lowest BCUT2D eigenvalue weighted by molar-refractivity contribution is 0.612. The van der Waals surface area contributed by atoms with Crippen LogP contribution in [0.3, 0.4) is 0 Å². The Labute approximate surface area is 72.4 Å². The summed E-state index contributed by atoms with van der Waals surface area (Å²) in [7, 11) is 0. The van der Waals surface area contributed by atoms with Crippen molar-refractivity contribution in [3.63, 3.8) is 0 Å². The Kier molecular flexibility index (Phi) is 7.88. The third-order valence-corrected chi connectivity index (χ3v) is 2.13. The summed E-state index contributed by atoms with van der Waals surface area (Å²) >= 11 is 0. The molecule has 0 saturated heterocycles. The lowest BCUT2D eigenvalue weighted by Crippen LogP contribution is -1.90. The topological polar surface area (TPSA) is 0 Å². The van der Waals surface area contributed by atoms with E-state index in [1.807, 2.05) is 0 Å². The van der Waals surface area contributed by atoms with Gasteiger partial charge in [-0.15, -0.1) is 0 Å². The van der Waals surface area contributed by atoms with Crippen molar-refractivity contribution in [1.82, 2.24) is 0 Å². The maximum atomic E-state index is 2.30. The molecule has 0 bridgehead atoms. The summed E-state index contributed by atoms with van der Waals surface area (Å²) in [4.78, 5) is 0. The molecular formula is C11H23+. The van der Waals surface area contributed by atoms with E-state index < -0.39 is 0 Å². The van der Waals surface area contributed by atoms with Crippen LogP contribution in [0.15, 0.2) is 0 Å². The minimum absolute atomic E-state index is 1.32. The van der Waals surface area contributed by atoms with Crippen molar-refractivity contribution in [2.24, 2.45) is 0 Å². The van der Waals surface area contributed by atoms with Gasteiger partial charge in [-0.2, -0.15) is 0 Å². The zero-order valence-electron chi connectivity index (χ0n) is 8.45. The highest BCUT2D eigenvalue weighted by atomic mass is 14.0. The molecule has 0 aromatic rings. The second kappa shape index (κ2) is 7.97. The number of rotatable bonds is 7. The van der Waals surface area contributed by atoms with Crippen LogP contribution >= 0.6 is 0 Å². The Morgan fingerprint density at radius 3 is 2.09 bits per heavy atom. The second-order valence-corrected chi connectivity index (χ2v) is 3.52. The normalized spacial score (nSPS) is 10.1. The first kappa shape index (κ1) is 10.9. The molecule has 0 rings (SSSR count). The van der Waals surface area contributed by atoms with Crippen LogP contribution in [0.5, 0.6) is 0 Å². The van der Waals surface area contributed by atoms with E-state index in [0.717, 1.165) is 0 Å². The highest BCUT2D eigenvalue weighted by Crippen LogP contribution is 2.16. The summed E-state index contributed by atoms with van der Waals surface area (Å²) in [6.07, 6.45) is 9.64. The van der Waals surface area contributed by atoms with Crippen LogP contribution in [0.2, 0.25) is 0 Å². The Hall–Kier alpha value is -0.130. The van der Waals surface area contributed by atoms with Crippen LogP contribution in [-0.2, 0) is 0 Å². The molecule has 0 heteroatoms. The Morgan fingerprint density at radius 1 is 0.818 bits per heavy atom. The molecule has 0 N–H and O–H groups in total. The Morgan fingerprint density at radius 2 is 1.55 bits per heavy atom. The minimum atomic E-state index is 1.32. The van der Waals surface area contributed by atoms with Gasteiger partial charge in [-0.05, 0) is 19.3 Å². The molecule has 0 spiro atoms. The molecule has 0 heterocycles. The third kappa shape index (κ3) is 7.77. The van der Waals surface area contributed by atoms with Crippen LogP contribution in [0.25, 0.3) is 0 Å². The smallest absolute Gasteiger partial charge is 0.0654 e. The van der Waals surface area contributed by atoms with Gasteiger partial charge in [0.2, 0.25) is 0 Å². The van der Waals surface area contributed by atoms with Crippen LogP contribution in [0, 0.1) is 5.92 Å². The van der Waals surface area contributed by atoms with Crippen molar-refractivity contribution < 1.29 is 0 Å². The van der Waals surface area contributed by atoms with Gasteiger partial charge in [0, 0.05) is 0 Å². The molecule has 0 aromatic heterocycles. The van der Waals surface area contributed by atoms with Crippen molar-refractivity contribution in [2.45, 2.75) is 65.7 Å². The van der Waals surface area contributed by atoms with Crippen molar-refractivity contribution >= 4 is 0 Å². The standard InChI is InChI=1S/C11H23/c1-4-6-7-8-10-11(3)9-5-2/h4-10H2,1-3H3/q+1. The van der Waals surface area contributed by atoms with Gasteiger partial charge in [0.1, 0.15) is 0 Å². The van der Waals surface area contributed by atoms with E-state index >= 15 is 0 Å². The largest absolute Gasteiger partial charge is 0.0897 e. The quantitative estimate of drug-likeness (QED) is 0.379. The fraction of sp³-hybridized carbons (Fsp3) is 0.909. The van der Waals surface area contributed by atoms with E-state index in [1.54, 1.807) is 5.92 Å². The highest BCUT2D eigenvalue weighted by molar-refractivity contribution is 4.82. The van der Waals surface area contributed by atoms with Gasteiger partial charge < -0.3 is 0 Å². The Balaban J connectivity index is 2.97. The highest BCUT2D eigenvalue weighted by Gasteiger charge is 2.09. The van der Waals surface area contributed by atoms with Gasteiger partial charge in [-0.3, -0.25) is 0 Å². The van der Waals surface area contributed by atoms with Crippen molar-refractivity contribution in [2.75, 3.05) is 0 Å². The number of hydrogen-bond donors (Lipinski definition) is 0. The van der Waals surface area contributed by atoms with Gasteiger partial charge in [0.25, 0.3) is 0 Å². The predicted molar refractivity (Wildman–Crippen MR) is 52.6 cm³/mol. The van der Waals surface area contributed by atoms with Gasteiger partial charge in [-0.1, -0.05) is 26.7 Å². The van der Waals surface area contributed by atoms with E-state index in [2.05, 4.69) is 20.8 Å². The van der Waals surface area contributed by atoms with Crippen molar-refractivity contribution in [3.8, 4) is 0 Å². The van der Waals surface area contributed by atoms with Gasteiger partial charge >= 0.3 is 0 Å². The Bertz CT molecular complexity index is 66.4. The first-order valence-corrected chi connectivity index (χ1v) is 5.12. The van der Waals surface area contributed by atoms with E-state index in [4.69, 9.17) is 0 Å². The van der Waals surface area contributed by atoms with E-state index in [1.165, 1.54) is 44.9 Å². The zero-order chi connectivity index (χ0) is 8.53. The maximum Gasteiger partial charge on any atom is 0.0897 e. The van der Waals surface area contributed by atoms with Crippen LogP contribution in [-0.4, -0.2) is 0 Å². The number of unbranched alkanes of at least 4 members (excludes halogenated alkanes) is 3. The van der Waals surface area contributed by atoms with Gasteiger partial charge in [0.05, 0.1) is 25.7 Å². The third-order valence-electron chi connectivity index (χ3n) is 2.13. The predicted octanol–water partition coefficient (Wildman–Crippen LogP) is 4.35. The lowest BCUT2D eigenvalue weighted by Gasteiger charge is -1.99. The summed E-state index contributed by atoms with van der Waals surface area (Å²) in [5.41, 5.74) is 0. The first-order chi connectivity index (χ1) is 5.31. The molecule has 0 amide bonds. The molecule has 0 nitrogen and oxygen atoms in total. The van der Waals surface area contributed by atoms with Gasteiger partial charge in [0.15, 0.2) is 0 Å². The van der Waals surface area contributed by atoms with Crippen LogP contribution in [0.4, 0.5) is 0 Å². The molecule has 0 fully saturated rings. The fourth-order valence-corrected chi connectivity index (χ4v) is 1.41. The first-order valence-electron chi connectivity index (χ1n) is 5.12. The average molecular weight is 155 g/mol. The monoisotopic (exact) mass is 155 g/mol. The van der Waals surface area contributed by atoms with E-state index in [9.17, 15) is 0 Å². The molecule has 11 heavy (non-hydrogen) atoms. The average Bonchev–Trinajstić information content (AvgIpc) is 1.99. The van der Waals surface area contributed by atoms with Crippen molar-refractivity contribution in [1.29, 1.82) is 0 Å². The molecule has 0 radical (unpaired) electrons. The molecule has 0 atom stereocenters.